The molecule has 1 heterocycles. The van der Waals surface area contributed by atoms with E-state index < -0.39 is 0 Å². The molecule has 0 aliphatic carbocycles. The summed E-state index contributed by atoms with van der Waals surface area (Å²) in [4.78, 5) is 4.07. The Balaban J connectivity index is 2.19. The predicted molar refractivity (Wildman–Crippen MR) is 57.9 cm³/mol. The van der Waals surface area contributed by atoms with Crippen LogP contribution < -0.4 is 5.73 Å². The van der Waals surface area contributed by atoms with Gasteiger partial charge in [-0.2, -0.15) is 0 Å². The van der Waals surface area contributed by atoms with Gasteiger partial charge in [-0.1, -0.05) is 18.2 Å². The zero-order chi connectivity index (χ0) is 9.80. The van der Waals surface area contributed by atoms with Crippen molar-refractivity contribution in [2.75, 3.05) is 5.73 Å². The summed E-state index contributed by atoms with van der Waals surface area (Å²) < 4.78 is 0. The van der Waals surface area contributed by atoms with E-state index in [1.165, 1.54) is 11.1 Å². The summed E-state index contributed by atoms with van der Waals surface area (Å²) >= 11 is 0. The molecule has 0 aliphatic heterocycles. The van der Waals surface area contributed by atoms with Gasteiger partial charge in [-0.3, -0.25) is 4.98 Å². The molecule has 0 spiro atoms. The minimum absolute atomic E-state index is 0.811. The second-order valence-electron chi connectivity index (χ2n) is 3.28. The molecule has 1 aromatic heterocycles. The van der Waals surface area contributed by atoms with Gasteiger partial charge in [-0.15, -0.1) is 0 Å². The topological polar surface area (TPSA) is 38.9 Å². The van der Waals surface area contributed by atoms with E-state index in [0.29, 0.717) is 0 Å². The second kappa shape index (κ2) is 3.92. The molecule has 0 atom stereocenters. The standard InChI is InChI=1S/C12H12N2/c13-12-5-1-3-10(8-12)7-11-4-2-6-14-9-11/h1-6,8-9H,7,13H2. The van der Waals surface area contributed by atoms with Gasteiger partial charge in [0.05, 0.1) is 0 Å². The zero-order valence-corrected chi connectivity index (χ0v) is 7.85. The Bertz CT molecular complexity index is 410. The van der Waals surface area contributed by atoms with Crippen molar-refractivity contribution in [3.8, 4) is 0 Å². The Kier molecular flexibility index (Phi) is 2.45. The lowest BCUT2D eigenvalue weighted by Crippen LogP contribution is -1.91. The summed E-state index contributed by atoms with van der Waals surface area (Å²) in [6.07, 6.45) is 4.55. The summed E-state index contributed by atoms with van der Waals surface area (Å²) in [5, 5.41) is 0. The fourth-order valence-corrected chi connectivity index (χ4v) is 1.44. The monoisotopic (exact) mass is 184 g/mol. The van der Waals surface area contributed by atoms with Gasteiger partial charge in [0.1, 0.15) is 0 Å². The zero-order valence-electron chi connectivity index (χ0n) is 7.85. The molecule has 2 aromatic rings. The number of benzene rings is 1. The molecule has 0 saturated carbocycles. The highest BCUT2D eigenvalue weighted by atomic mass is 14.6. The Morgan fingerprint density at radius 1 is 1.07 bits per heavy atom. The highest BCUT2D eigenvalue weighted by molar-refractivity contribution is 5.41. The molecule has 0 bridgehead atoms. The van der Waals surface area contributed by atoms with Crippen molar-refractivity contribution in [2.24, 2.45) is 0 Å². The highest BCUT2D eigenvalue weighted by Gasteiger charge is 1.95. The maximum Gasteiger partial charge on any atom is 0.0316 e. The molecule has 0 aliphatic rings. The number of aromatic nitrogens is 1. The van der Waals surface area contributed by atoms with Crippen LogP contribution in [0, 0.1) is 0 Å². The van der Waals surface area contributed by atoms with E-state index in [4.69, 9.17) is 5.73 Å². The maximum absolute atomic E-state index is 5.70. The van der Waals surface area contributed by atoms with Gasteiger partial charge in [0.25, 0.3) is 0 Å². The van der Waals surface area contributed by atoms with Crippen LogP contribution in [0.4, 0.5) is 5.69 Å². The van der Waals surface area contributed by atoms with E-state index in [1.807, 2.05) is 30.5 Å². The fourth-order valence-electron chi connectivity index (χ4n) is 1.44. The highest BCUT2D eigenvalue weighted by Crippen LogP contribution is 2.11. The van der Waals surface area contributed by atoms with Gasteiger partial charge >= 0.3 is 0 Å². The summed E-state index contributed by atoms with van der Waals surface area (Å²) in [6, 6.07) is 11.9. The molecule has 14 heavy (non-hydrogen) atoms. The molecule has 0 fully saturated rings. The van der Waals surface area contributed by atoms with Crippen molar-refractivity contribution < 1.29 is 0 Å². The van der Waals surface area contributed by atoms with E-state index in [1.54, 1.807) is 6.20 Å². The third-order valence-electron chi connectivity index (χ3n) is 2.08. The van der Waals surface area contributed by atoms with Crippen molar-refractivity contribution in [3.05, 3.63) is 59.9 Å². The lowest BCUT2D eigenvalue weighted by Gasteiger charge is -2.01. The van der Waals surface area contributed by atoms with Gasteiger partial charge in [0.2, 0.25) is 0 Å². The van der Waals surface area contributed by atoms with Crippen LogP contribution in [0.1, 0.15) is 11.1 Å². The summed E-state index contributed by atoms with van der Waals surface area (Å²) in [6.45, 7) is 0. The van der Waals surface area contributed by atoms with Crippen LogP contribution in [0.15, 0.2) is 48.8 Å². The van der Waals surface area contributed by atoms with Gasteiger partial charge < -0.3 is 5.73 Å². The average molecular weight is 184 g/mol. The van der Waals surface area contributed by atoms with Crippen molar-refractivity contribution in [3.63, 3.8) is 0 Å². The minimum atomic E-state index is 0.811. The molecule has 1 aromatic carbocycles. The van der Waals surface area contributed by atoms with Crippen molar-refractivity contribution in [1.29, 1.82) is 0 Å². The number of nitrogens with zero attached hydrogens (tertiary/aromatic N) is 1. The van der Waals surface area contributed by atoms with Crippen LogP contribution in [-0.4, -0.2) is 4.98 Å². The van der Waals surface area contributed by atoms with Crippen molar-refractivity contribution in [1.82, 2.24) is 4.98 Å². The lowest BCUT2D eigenvalue weighted by molar-refractivity contribution is 1.15. The Morgan fingerprint density at radius 3 is 2.64 bits per heavy atom. The number of anilines is 1. The predicted octanol–water partition coefficient (Wildman–Crippen LogP) is 2.25. The Morgan fingerprint density at radius 2 is 1.93 bits per heavy atom. The van der Waals surface area contributed by atoms with Crippen LogP contribution in [0.3, 0.4) is 0 Å². The molecule has 0 unspecified atom stereocenters. The molecule has 0 amide bonds. The molecular weight excluding hydrogens is 172 g/mol. The molecular formula is C12H12N2. The van der Waals surface area contributed by atoms with E-state index in [-0.39, 0.29) is 0 Å². The van der Waals surface area contributed by atoms with Crippen LogP contribution in [0.25, 0.3) is 0 Å². The van der Waals surface area contributed by atoms with Crippen molar-refractivity contribution in [2.45, 2.75) is 6.42 Å². The Hall–Kier alpha value is -1.83. The van der Waals surface area contributed by atoms with Gasteiger partial charge in [-0.05, 0) is 35.7 Å². The molecule has 70 valence electrons. The first-order valence-corrected chi connectivity index (χ1v) is 4.58. The Labute approximate surface area is 83.4 Å². The SMILES string of the molecule is Nc1cccc(Cc2cccnc2)c1. The first-order valence-electron chi connectivity index (χ1n) is 4.58. The first kappa shape index (κ1) is 8.75. The normalized spacial score (nSPS) is 10.0. The van der Waals surface area contributed by atoms with Crippen molar-refractivity contribution >= 4 is 5.69 Å². The number of hydrogen-bond donors (Lipinski definition) is 1. The fraction of sp³-hybridized carbons (Fsp3) is 0.0833. The third-order valence-corrected chi connectivity index (χ3v) is 2.08. The number of hydrogen-bond acceptors (Lipinski definition) is 2. The number of nitrogen functional groups attached to an aromatic ring is 1. The van der Waals surface area contributed by atoms with E-state index in [0.717, 1.165) is 12.1 Å². The first-order chi connectivity index (χ1) is 6.84. The molecule has 0 saturated heterocycles. The third kappa shape index (κ3) is 2.10. The van der Waals surface area contributed by atoms with Gasteiger partial charge in [-0.25, -0.2) is 0 Å². The van der Waals surface area contributed by atoms with E-state index >= 15 is 0 Å². The van der Waals surface area contributed by atoms with Crippen LogP contribution >= 0.6 is 0 Å². The summed E-state index contributed by atoms with van der Waals surface area (Å²) in [5.41, 5.74) is 8.94. The van der Waals surface area contributed by atoms with Gasteiger partial charge in [0, 0.05) is 18.1 Å². The number of nitrogens with two attached hydrogens (primary N) is 1. The number of rotatable bonds is 2. The van der Waals surface area contributed by atoms with Crippen LogP contribution in [-0.2, 0) is 6.42 Å². The average Bonchev–Trinajstić information content (AvgIpc) is 2.19. The summed E-state index contributed by atoms with van der Waals surface area (Å²) in [7, 11) is 0. The summed E-state index contributed by atoms with van der Waals surface area (Å²) in [5.74, 6) is 0. The van der Waals surface area contributed by atoms with E-state index in [2.05, 4.69) is 17.1 Å². The minimum Gasteiger partial charge on any atom is -0.399 e. The van der Waals surface area contributed by atoms with Crippen LogP contribution in [0.2, 0.25) is 0 Å². The largest absolute Gasteiger partial charge is 0.399 e. The van der Waals surface area contributed by atoms with E-state index in [9.17, 15) is 0 Å². The maximum atomic E-state index is 5.70. The smallest absolute Gasteiger partial charge is 0.0316 e. The molecule has 2 rings (SSSR count). The van der Waals surface area contributed by atoms with Crippen LogP contribution in [0.5, 0.6) is 0 Å². The molecule has 2 heteroatoms. The lowest BCUT2D eigenvalue weighted by atomic mass is 10.1. The quantitative estimate of drug-likeness (QED) is 0.727. The van der Waals surface area contributed by atoms with Gasteiger partial charge in [0.15, 0.2) is 0 Å². The number of pyridine rings is 1. The molecule has 0 radical (unpaired) electrons. The second-order valence-corrected chi connectivity index (χ2v) is 3.28. The molecule has 2 N–H and O–H groups in total. The molecule has 2 nitrogen and oxygen atoms in total.